The molecule has 0 unspecified atom stereocenters. The molecular formula is C32H40O3. The molecule has 5 rings (SSSR count). The number of ether oxygens (including phenoxy) is 1. The summed E-state index contributed by atoms with van der Waals surface area (Å²) < 4.78 is 5.72. The van der Waals surface area contributed by atoms with E-state index < -0.39 is 5.60 Å². The van der Waals surface area contributed by atoms with Crippen LogP contribution >= 0.6 is 0 Å². The van der Waals surface area contributed by atoms with Gasteiger partial charge in [-0.25, -0.2) is 0 Å². The van der Waals surface area contributed by atoms with Crippen LogP contribution in [0.2, 0.25) is 0 Å². The molecule has 0 heterocycles. The molecule has 35 heavy (non-hydrogen) atoms. The molecule has 186 valence electrons. The first-order valence-electron chi connectivity index (χ1n) is 13.5. The van der Waals surface area contributed by atoms with E-state index in [2.05, 4.69) is 63.8 Å². The molecule has 3 heteroatoms. The molecule has 1 aromatic carbocycles. The van der Waals surface area contributed by atoms with Gasteiger partial charge in [-0.05, 0) is 113 Å². The molecule has 0 amide bonds. The topological polar surface area (TPSA) is 46.5 Å². The van der Waals surface area contributed by atoms with Gasteiger partial charge >= 0.3 is 0 Å². The molecule has 0 saturated heterocycles. The van der Waals surface area contributed by atoms with Crippen LogP contribution in [0.15, 0.2) is 47.1 Å². The van der Waals surface area contributed by atoms with Gasteiger partial charge in [0.05, 0.1) is 6.61 Å². The summed E-state index contributed by atoms with van der Waals surface area (Å²) in [4.78, 5) is 12.2. The smallest absolute Gasteiger partial charge is 0.156 e. The number of hydrogen-bond donors (Lipinski definition) is 1. The third-order valence-corrected chi connectivity index (χ3v) is 9.12. The fraction of sp³-hybridized carbons (Fsp3) is 0.594. The first kappa shape index (κ1) is 24.4. The monoisotopic (exact) mass is 472 g/mol. The summed E-state index contributed by atoms with van der Waals surface area (Å²) in [6.07, 6.45) is 8.09. The number of benzene rings is 1. The summed E-state index contributed by atoms with van der Waals surface area (Å²) in [6.45, 7) is 11.3. The van der Waals surface area contributed by atoms with Crippen LogP contribution in [0, 0.1) is 34.5 Å². The molecule has 0 aliphatic heterocycles. The van der Waals surface area contributed by atoms with Gasteiger partial charge in [0.15, 0.2) is 5.78 Å². The first-order valence-corrected chi connectivity index (χ1v) is 13.5. The molecule has 2 saturated carbocycles. The third-order valence-electron chi connectivity index (χ3n) is 9.12. The van der Waals surface area contributed by atoms with Crippen molar-refractivity contribution in [3.63, 3.8) is 0 Å². The molecule has 1 aromatic rings. The minimum atomic E-state index is -0.969. The van der Waals surface area contributed by atoms with E-state index in [9.17, 15) is 9.90 Å². The van der Waals surface area contributed by atoms with Crippen LogP contribution in [0.3, 0.4) is 0 Å². The Morgan fingerprint density at radius 2 is 1.86 bits per heavy atom. The lowest BCUT2D eigenvalue weighted by Crippen LogP contribution is -2.51. The molecule has 4 aliphatic carbocycles. The number of aliphatic hydroxyl groups is 1. The normalized spacial score (nSPS) is 34.3. The van der Waals surface area contributed by atoms with Crippen LogP contribution in [0.5, 0.6) is 5.75 Å². The zero-order valence-corrected chi connectivity index (χ0v) is 22.0. The van der Waals surface area contributed by atoms with Crippen LogP contribution < -0.4 is 4.74 Å². The van der Waals surface area contributed by atoms with Crippen molar-refractivity contribution in [3.8, 4) is 17.6 Å². The quantitative estimate of drug-likeness (QED) is 0.494. The van der Waals surface area contributed by atoms with Gasteiger partial charge in [0.25, 0.3) is 0 Å². The Bertz CT molecular complexity index is 1140. The number of carbonyl (C=O) groups is 1. The zero-order chi connectivity index (χ0) is 25.0. The second-order valence-corrected chi connectivity index (χ2v) is 12.4. The predicted octanol–water partition coefficient (Wildman–Crippen LogP) is 6.77. The van der Waals surface area contributed by atoms with Gasteiger partial charge in [0.1, 0.15) is 11.4 Å². The van der Waals surface area contributed by atoms with Crippen molar-refractivity contribution < 1.29 is 14.6 Å². The Kier molecular flexibility index (Phi) is 6.04. The van der Waals surface area contributed by atoms with Crippen LogP contribution in [-0.4, -0.2) is 23.1 Å². The molecule has 1 N–H and O–H groups in total. The number of rotatable bonds is 3. The van der Waals surface area contributed by atoms with Crippen molar-refractivity contribution in [2.24, 2.45) is 22.7 Å². The Labute approximate surface area is 211 Å². The molecule has 0 spiro atoms. The molecule has 5 atom stereocenters. The van der Waals surface area contributed by atoms with E-state index in [1.807, 2.05) is 13.0 Å². The van der Waals surface area contributed by atoms with Gasteiger partial charge in [-0.15, -0.1) is 0 Å². The maximum Gasteiger partial charge on any atom is 0.156 e. The largest absolute Gasteiger partial charge is 0.494 e. The number of allylic oxidation sites excluding steroid dienone is 4. The molecule has 2 fully saturated rings. The van der Waals surface area contributed by atoms with Gasteiger partial charge in [0, 0.05) is 23.2 Å². The van der Waals surface area contributed by atoms with Gasteiger partial charge in [-0.1, -0.05) is 36.5 Å². The SMILES string of the molecule is CCOc1ccc([C@H]2C[C@@]3(C)[C@@H](CC[C@@]3(O)C#CC(C)(C)C)[C@@H]3CCC4=CC(=O)CCC4=C32)cc1. The van der Waals surface area contributed by atoms with Crippen molar-refractivity contribution in [2.75, 3.05) is 6.61 Å². The van der Waals surface area contributed by atoms with Crippen LogP contribution in [0.1, 0.15) is 91.0 Å². The summed E-state index contributed by atoms with van der Waals surface area (Å²) in [6, 6.07) is 8.59. The predicted molar refractivity (Wildman–Crippen MR) is 140 cm³/mol. The van der Waals surface area contributed by atoms with Crippen molar-refractivity contribution in [3.05, 3.63) is 52.6 Å². The van der Waals surface area contributed by atoms with E-state index >= 15 is 0 Å². The minimum absolute atomic E-state index is 0.139. The summed E-state index contributed by atoms with van der Waals surface area (Å²) >= 11 is 0. The standard InChI is InChI=1S/C32H40O3/c1-6-35-24-11-7-21(8-12-24)27-20-31(5)28(15-16-32(31,34)18-17-30(2,3)4)26-13-9-22-19-23(33)10-14-25(22)29(26)27/h7-8,11-12,19,26-28,34H,6,9-10,13-16,20H2,1-5H3/t26-,27+,28-,31-,32+/m0/s1. The molecule has 0 bridgehead atoms. The average molecular weight is 473 g/mol. The first-order chi connectivity index (χ1) is 16.5. The lowest BCUT2D eigenvalue weighted by atomic mass is 9.51. The maximum absolute atomic E-state index is 12.2. The molecule has 0 radical (unpaired) electrons. The molecule has 3 nitrogen and oxygen atoms in total. The molecule has 0 aromatic heterocycles. The van der Waals surface area contributed by atoms with E-state index in [0.717, 1.165) is 44.3 Å². The average Bonchev–Trinajstić information content (AvgIpc) is 3.08. The highest BCUT2D eigenvalue weighted by atomic mass is 16.5. The number of fused-ring (bicyclic) bond motifs is 4. The Balaban J connectivity index is 1.63. The van der Waals surface area contributed by atoms with Crippen LogP contribution in [0.4, 0.5) is 0 Å². The fourth-order valence-electron chi connectivity index (χ4n) is 7.42. The van der Waals surface area contributed by atoms with E-state index in [0.29, 0.717) is 24.9 Å². The van der Waals surface area contributed by atoms with E-state index in [1.54, 1.807) is 5.57 Å². The Morgan fingerprint density at radius 1 is 1.11 bits per heavy atom. The minimum Gasteiger partial charge on any atom is -0.494 e. The second kappa shape index (κ2) is 8.67. The van der Waals surface area contributed by atoms with Gasteiger partial charge in [-0.2, -0.15) is 0 Å². The molecule has 4 aliphatic rings. The van der Waals surface area contributed by atoms with Crippen molar-refractivity contribution >= 4 is 5.78 Å². The van der Waals surface area contributed by atoms with E-state index in [-0.39, 0.29) is 22.5 Å². The van der Waals surface area contributed by atoms with Crippen molar-refractivity contribution in [2.45, 2.75) is 91.1 Å². The van der Waals surface area contributed by atoms with Crippen LogP contribution in [0.25, 0.3) is 0 Å². The van der Waals surface area contributed by atoms with Crippen molar-refractivity contribution in [1.29, 1.82) is 0 Å². The maximum atomic E-state index is 12.2. The number of ketones is 1. The lowest BCUT2D eigenvalue weighted by Gasteiger charge is -2.53. The molecular weight excluding hydrogens is 432 g/mol. The Morgan fingerprint density at radius 3 is 2.54 bits per heavy atom. The summed E-state index contributed by atoms with van der Waals surface area (Å²) in [5.74, 6) is 9.05. The second-order valence-electron chi connectivity index (χ2n) is 12.4. The fourth-order valence-corrected chi connectivity index (χ4v) is 7.42. The highest BCUT2D eigenvalue weighted by Crippen LogP contribution is 2.66. The van der Waals surface area contributed by atoms with Gasteiger partial charge in [-0.3, -0.25) is 4.79 Å². The van der Waals surface area contributed by atoms with Crippen molar-refractivity contribution in [1.82, 2.24) is 0 Å². The van der Waals surface area contributed by atoms with E-state index in [4.69, 9.17) is 4.74 Å². The number of carbonyl (C=O) groups excluding carboxylic acids is 1. The van der Waals surface area contributed by atoms with Gasteiger partial charge < -0.3 is 9.84 Å². The third kappa shape index (κ3) is 4.19. The highest BCUT2D eigenvalue weighted by molar-refractivity contribution is 5.93. The summed E-state index contributed by atoms with van der Waals surface area (Å²) in [5, 5.41) is 12.1. The highest BCUT2D eigenvalue weighted by Gasteiger charge is 2.62. The van der Waals surface area contributed by atoms with E-state index in [1.165, 1.54) is 16.7 Å². The van der Waals surface area contributed by atoms with Crippen LogP contribution in [-0.2, 0) is 4.79 Å². The summed E-state index contributed by atoms with van der Waals surface area (Å²) in [7, 11) is 0. The summed E-state index contributed by atoms with van der Waals surface area (Å²) in [5.41, 5.74) is 4.18. The lowest BCUT2D eigenvalue weighted by molar-refractivity contribution is -0.114. The van der Waals surface area contributed by atoms with Gasteiger partial charge in [0.2, 0.25) is 0 Å². The Hall–Kier alpha value is -2.31. The zero-order valence-electron chi connectivity index (χ0n) is 22.0. The number of hydrogen-bond acceptors (Lipinski definition) is 3.